The number of halogens is 1. The van der Waals surface area contributed by atoms with Crippen LogP contribution in [0.1, 0.15) is 47.2 Å². The molecule has 2 aromatic rings. The van der Waals surface area contributed by atoms with Crippen LogP contribution < -0.4 is 5.32 Å². The van der Waals surface area contributed by atoms with Crippen molar-refractivity contribution in [3.05, 3.63) is 21.6 Å². The molecule has 0 aliphatic heterocycles. The molecule has 1 aliphatic rings. The Morgan fingerprint density at radius 3 is 2.89 bits per heavy atom. The van der Waals surface area contributed by atoms with Crippen LogP contribution in [0.5, 0.6) is 0 Å². The lowest BCUT2D eigenvalue weighted by atomic mass is 10.1. The first kappa shape index (κ1) is 12.7. The van der Waals surface area contributed by atoms with Crippen LogP contribution in [0.25, 0.3) is 0 Å². The van der Waals surface area contributed by atoms with Gasteiger partial charge in [0.05, 0.1) is 6.20 Å². The van der Waals surface area contributed by atoms with E-state index in [0.717, 1.165) is 5.01 Å². The van der Waals surface area contributed by atoms with Crippen molar-refractivity contribution >= 4 is 38.3 Å². The summed E-state index contributed by atoms with van der Waals surface area (Å²) in [6, 6.07) is 0. The van der Waals surface area contributed by atoms with Crippen LogP contribution in [-0.2, 0) is 0 Å². The molecular formula is C11H12BrN5OS. The van der Waals surface area contributed by atoms with E-state index in [1.807, 2.05) is 0 Å². The summed E-state index contributed by atoms with van der Waals surface area (Å²) in [5, 5.41) is 12.4. The van der Waals surface area contributed by atoms with Crippen molar-refractivity contribution < 1.29 is 4.79 Å². The molecule has 100 valence electrons. The third-order valence-electron chi connectivity index (χ3n) is 3.13. The summed E-state index contributed by atoms with van der Waals surface area (Å²) in [4.78, 5) is 18.6. The number of H-pyrrole nitrogens is 1. The van der Waals surface area contributed by atoms with E-state index in [2.05, 4.69) is 41.4 Å². The molecule has 19 heavy (non-hydrogen) atoms. The molecule has 2 heterocycles. The average Bonchev–Trinajstić information content (AvgIpc) is 3.07. The predicted molar refractivity (Wildman–Crippen MR) is 75.4 cm³/mol. The van der Waals surface area contributed by atoms with E-state index in [1.165, 1.54) is 37.0 Å². The fourth-order valence-electron chi connectivity index (χ4n) is 2.19. The first-order chi connectivity index (χ1) is 9.22. The minimum Gasteiger partial charge on any atom is -0.329 e. The topological polar surface area (TPSA) is 83.6 Å². The number of aromatic amines is 1. The van der Waals surface area contributed by atoms with Crippen molar-refractivity contribution in [2.75, 3.05) is 5.32 Å². The molecule has 1 saturated carbocycles. The Bertz CT molecular complexity index is 589. The smallest absolute Gasteiger partial charge is 0.293 e. The number of anilines is 1. The number of carbonyl (C=O) groups excluding carboxylic acids is 1. The summed E-state index contributed by atoms with van der Waals surface area (Å²) < 4.78 is 0.668. The molecule has 1 fully saturated rings. The quantitative estimate of drug-likeness (QED) is 0.898. The number of rotatable bonds is 3. The SMILES string of the molecule is O=C(Nc1nnc(C2CCCC2)s1)c1ncc(Br)[nH]1. The molecule has 8 heteroatoms. The Morgan fingerprint density at radius 1 is 1.42 bits per heavy atom. The van der Waals surface area contributed by atoms with Gasteiger partial charge in [0, 0.05) is 5.92 Å². The first-order valence-electron chi connectivity index (χ1n) is 6.07. The normalized spacial score (nSPS) is 15.8. The number of nitrogens with one attached hydrogen (secondary N) is 2. The van der Waals surface area contributed by atoms with E-state index < -0.39 is 0 Å². The summed E-state index contributed by atoms with van der Waals surface area (Å²) in [5.74, 6) is 0.463. The predicted octanol–water partition coefficient (Wildman–Crippen LogP) is 2.93. The summed E-state index contributed by atoms with van der Waals surface area (Å²) in [6.07, 6.45) is 6.40. The lowest BCUT2D eigenvalue weighted by molar-refractivity contribution is 0.101. The monoisotopic (exact) mass is 341 g/mol. The molecular weight excluding hydrogens is 330 g/mol. The van der Waals surface area contributed by atoms with Gasteiger partial charge in [-0.15, -0.1) is 10.2 Å². The number of imidazole rings is 1. The maximum atomic E-state index is 11.9. The van der Waals surface area contributed by atoms with Gasteiger partial charge in [-0.1, -0.05) is 24.2 Å². The molecule has 0 atom stereocenters. The number of carbonyl (C=O) groups is 1. The molecule has 6 nitrogen and oxygen atoms in total. The van der Waals surface area contributed by atoms with Gasteiger partial charge in [0.25, 0.3) is 5.91 Å². The van der Waals surface area contributed by atoms with E-state index in [9.17, 15) is 4.79 Å². The second-order valence-corrected chi connectivity index (χ2v) is 6.32. The highest BCUT2D eigenvalue weighted by atomic mass is 79.9. The lowest BCUT2D eigenvalue weighted by Crippen LogP contribution is -2.13. The summed E-state index contributed by atoms with van der Waals surface area (Å²) >= 11 is 4.66. The first-order valence-corrected chi connectivity index (χ1v) is 7.68. The second kappa shape index (κ2) is 5.38. The van der Waals surface area contributed by atoms with E-state index in [0.29, 0.717) is 15.7 Å². The van der Waals surface area contributed by atoms with E-state index in [1.54, 1.807) is 6.20 Å². The summed E-state index contributed by atoms with van der Waals surface area (Å²) in [6.45, 7) is 0. The van der Waals surface area contributed by atoms with Gasteiger partial charge in [-0.25, -0.2) is 4.98 Å². The van der Waals surface area contributed by atoms with Gasteiger partial charge in [0.1, 0.15) is 9.61 Å². The van der Waals surface area contributed by atoms with Crippen molar-refractivity contribution in [3.63, 3.8) is 0 Å². The van der Waals surface area contributed by atoms with Gasteiger partial charge in [-0.3, -0.25) is 10.1 Å². The van der Waals surface area contributed by atoms with Crippen LogP contribution in [0, 0.1) is 0 Å². The van der Waals surface area contributed by atoms with E-state index >= 15 is 0 Å². The van der Waals surface area contributed by atoms with Crippen molar-refractivity contribution in [1.29, 1.82) is 0 Å². The average molecular weight is 342 g/mol. The zero-order valence-corrected chi connectivity index (χ0v) is 12.4. The van der Waals surface area contributed by atoms with Crippen LogP contribution in [0.15, 0.2) is 10.8 Å². The molecule has 2 N–H and O–H groups in total. The molecule has 3 rings (SSSR count). The molecule has 0 aromatic carbocycles. The molecule has 1 amide bonds. The fourth-order valence-corrected chi connectivity index (χ4v) is 3.39. The third-order valence-corrected chi connectivity index (χ3v) is 4.53. The van der Waals surface area contributed by atoms with Crippen molar-refractivity contribution in [3.8, 4) is 0 Å². The van der Waals surface area contributed by atoms with Gasteiger partial charge in [-0.2, -0.15) is 0 Å². The van der Waals surface area contributed by atoms with Crippen LogP contribution in [0.2, 0.25) is 0 Å². The maximum absolute atomic E-state index is 11.9. The molecule has 2 aromatic heterocycles. The highest BCUT2D eigenvalue weighted by molar-refractivity contribution is 9.10. The third kappa shape index (κ3) is 2.84. The Balaban J connectivity index is 1.68. The molecule has 1 aliphatic carbocycles. The minimum absolute atomic E-state index is 0.254. The van der Waals surface area contributed by atoms with Crippen LogP contribution in [0.4, 0.5) is 5.13 Å². The van der Waals surface area contributed by atoms with Gasteiger partial charge in [0.2, 0.25) is 5.13 Å². The zero-order valence-electron chi connectivity index (χ0n) is 10.0. The van der Waals surface area contributed by atoms with Crippen LogP contribution >= 0.6 is 27.3 Å². The van der Waals surface area contributed by atoms with Crippen molar-refractivity contribution in [1.82, 2.24) is 20.2 Å². The highest BCUT2D eigenvalue weighted by Crippen LogP contribution is 2.36. The van der Waals surface area contributed by atoms with Crippen LogP contribution in [-0.4, -0.2) is 26.1 Å². The van der Waals surface area contributed by atoms with Gasteiger partial charge < -0.3 is 4.98 Å². The highest BCUT2D eigenvalue weighted by Gasteiger charge is 2.22. The standard InChI is InChI=1S/C11H12BrN5OS/c12-7-5-13-8(14-7)9(18)15-11-17-16-10(19-11)6-3-1-2-4-6/h5-6H,1-4H2,(H,13,14)(H,15,17,18). The van der Waals surface area contributed by atoms with Gasteiger partial charge in [0.15, 0.2) is 5.82 Å². The zero-order chi connectivity index (χ0) is 13.2. The number of aromatic nitrogens is 4. The maximum Gasteiger partial charge on any atom is 0.293 e. The van der Waals surface area contributed by atoms with Gasteiger partial charge >= 0.3 is 0 Å². The Kier molecular flexibility index (Phi) is 3.61. The fraction of sp³-hybridized carbons (Fsp3) is 0.455. The molecule has 0 bridgehead atoms. The second-order valence-electron chi connectivity index (χ2n) is 4.46. The summed E-state index contributed by atoms with van der Waals surface area (Å²) in [7, 11) is 0. The van der Waals surface area contributed by atoms with Crippen LogP contribution in [0.3, 0.4) is 0 Å². The molecule has 0 saturated heterocycles. The number of amides is 1. The summed E-state index contributed by atoms with van der Waals surface area (Å²) in [5.41, 5.74) is 0. The van der Waals surface area contributed by atoms with E-state index in [4.69, 9.17) is 0 Å². The molecule has 0 spiro atoms. The van der Waals surface area contributed by atoms with Crippen molar-refractivity contribution in [2.45, 2.75) is 31.6 Å². The number of nitrogens with zero attached hydrogens (tertiary/aromatic N) is 3. The largest absolute Gasteiger partial charge is 0.329 e. The van der Waals surface area contributed by atoms with Crippen molar-refractivity contribution in [2.24, 2.45) is 0 Å². The lowest BCUT2D eigenvalue weighted by Gasteiger charge is -2.01. The number of hydrogen-bond donors (Lipinski definition) is 2. The van der Waals surface area contributed by atoms with E-state index in [-0.39, 0.29) is 11.7 Å². The minimum atomic E-state index is -0.306. The number of hydrogen-bond acceptors (Lipinski definition) is 5. The Hall–Kier alpha value is -1.28. The molecule has 0 radical (unpaired) electrons. The van der Waals surface area contributed by atoms with Gasteiger partial charge in [-0.05, 0) is 28.8 Å². The molecule has 0 unspecified atom stereocenters. The Labute approximate surface area is 122 Å². The Morgan fingerprint density at radius 2 is 2.21 bits per heavy atom.